The van der Waals surface area contributed by atoms with Crippen molar-refractivity contribution in [1.29, 1.82) is 0 Å². The van der Waals surface area contributed by atoms with Gasteiger partial charge in [-0.25, -0.2) is 4.79 Å². The zero-order chi connectivity index (χ0) is 25.7. The molecule has 5 nitrogen and oxygen atoms in total. The van der Waals surface area contributed by atoms with Crippen LogP contribution in [0.2, 0.25) is 8.87 Å². The fourth-order valence-electron chi connectivity index (χ4n) is 3.23. The van der Waals surface area contributed by atoms with E-state index in [4.69, 9.17) is 9.47 Å². The summed E-state index contributed by atoms with van der Waals surface area (Å²) in [6.45, 7) is 9.15. The summed E-state index contributed by atoms with van der Waals surface area (Å²) in [5, 5.41) is 9.37. The first kappa shape index (κ1) is 35.9. The Balaban J connectivity index is 0. The summed E-state index contributed by atoms with van der Waals surface area (Å²) < 4.78 is 12.9. The third-order valence-electron chi connectivity index (χ3n) is 5.55. The zero-order valence-corrected chi connectivity index (χ0v) is 25.9. The Bertz CT molecular complexity index is 417. The van der Waals surface area contributed by atoms with E-state index in [1.165, 1.54) is 64.2 Å². The molecule has 2 radical (unpaired) electrons. The molecule has 0 aliphatic carbocycles. The molecular weight excluding hydrogens is 535 g/mol. The zero-order valence-electron chi connectivity index (χ0n) is 23.0. The minimum atomic E-state index is -1.42. The van der Waals surface area contributed by atoms with Gasteiger partial charge in [-0.15, -0.1) is 0 Å². The Morgan fingerprint density at radius 3 is 1.50 bits per heavy atom. The third kappa shape index (κ3) is 29.7. The maximum atomic E-state index is 11.2. The van der Waals surface area contributed by atoms with Crippen molar-refractivity contribution in [3.05, 3.63) is 0 Å². The van der Waals surface area contributed by atoms with E-state index in [1.54, 1.807) is 21.7 Å². The average molecular weight is 591 g/mol. The van der Waals surface area contributed by atoms with Crippen molar-refractivity contribution in [2.75, 3.05) is 13.2 Å². The van der Waals surface area contributed by atoms with Crippen molar-refractivity contribution < 1.29 is 24.2 Å². The fourth-order valence-corrected chi connectivity index (χ4v) is 6.80. The van der Waals surface area contributed by atoms with Crippen molar-refractivity contribution in [2.45, 2.75) is 152 Å². The van der Waals surface area contributed by atoms with Crippen LogP contribution in [0.25, 0.3) is 0 Å². The molecule has 0 aliphatic heterocycles. The molecule has 0 saturated carbocycles. The molecule has 1 N–H and O–H groups in total. The summed E-state index contributed by atoms with van der Waals surface area (Å²) in [7, 11) is 0. The maximum absolute atomic E-state index is 11.2. The van der Waals surface area contributed by atoms with Crippen LogP contribution in [0.5, 0.6) is 0 Å². The number of aliphatic hydroxyl groups excluding tert-OH is 1. The van der Waals surface area contributed by atoms with Crippen molar-refractivity contribution in [1.82, 2.24) is 0 Å². The van der Waals surface area contributed by atoms with Crippen molar-refractivity contribution in [2.24, 2.45) is 0 Å². The van der Waals surface area contributed by atoms with Gasteiger partial charge in [0, 0.05) is 0 Å². The SMILES string of the molecule is CCCCCCC[CH2][Sn][CH2]CCCCCCC.CCCCOC(=O)CC(O)C(=O)OCCCC. The normalized spacial score (nSPS) is 11.4. The van der Waals surface area contributed by atoms with Gasteiger partial charge in [0.2, 0.25) is 0 Å². The fraction of sp³-hybridized carbons (Fsp3) is 0.929. The van der Waals surface area contributed by atoms with Gasteiger partial charge in [0.05, 0.1) is 19.6 Å². The van der Waals surface area contributed by atoms with Crippen LogP contribution in [-0.4, -0.2) is 57.5 Å². The van der Waals surface area contributed by atoms with Gasteiger partial charge in [0.25, 0.3) is 0 Å². The van der Waals surface area contributed by atoms with E-state index < -0.39 is 18.0 Å². The van der Waals surface area contributed by atoms with Gasteiger partial charge in [-0.3, -0.25) is 4.79 Å². The van der Waals surface area contributed by atoms with E-state index in [0.29, 0.717) is 6.61 Å². The van der Waals surface area contributed by atoms with Gasteiger partial charge in [-0.05, 0) is 12.8 Å². The van der Waals surface area contributed by atoms with Gasteiger partial charge < -0.3 is 14.6 Å². The Hall–Kier alpha value is -0.301. The molecule has 0 fully saturated rings. The summed E-state index contributed by atoms with van der Waals surface area (Å²) in [6.07, 6.45) is 19.4. The van der Waals surface area contributed by atoms with E-state index in [2.05, 4.69) is 13.8 Å². The molecule has 6 heteroatoms. The first-order valence-electron chi connectivity index (χ1n) is 14.2. The molecule has 202 valence electrons. The number of hydrogen-bond donors (Lipinski definition) is 1. The number of esters is 2. The predicted molar refractivity (Wildman–Crippen MR) is 144 cm³/mol. The second-order valence-electron chi connectivity index (χ2n) is 9.10. The average Bonchev–Trinajstić information content (AvgIpc) is 2.82. The summed E-state index contributed by atoms with van der Waals surface area (Å²) >= 11 is 0.0736. The van der Waals surface area contributed by atoms with Gasteiger partial charge in [0.15, 0.2) is 6.10 Å². The predicted octanol–water partition coefficient (Wildman–Crippen LogP) is 7.67. The van der Waals surface area contributed by atoms with E-state index in [-0.39, 0.29) is 34.2 Å². The molecule has 0 amide bonds. The van der Waals surface area contributed by atoms with Gasteiger partial charge in [0.1, 0.15) is 0 Å². The largest absolute Gasteiger partial charge is 0.466 e. The number of rotatable bonds is 23. The van der Waals surface area contributed by atoms with Gasteiger partial charge in [-0.1, -0.05) is 26.7 Å². The molecule has 0 rings (SSSR count). The van der Waals surface area contributed by atoms with E-state index >= 15 is 0 Å². The van der Waals surface area contributed by atoms with Crippen molar-refractivity contribution >= 4 is 33.1 Å². The van der Waals surface area contributed by atoms with Gasteiger partial charge in [-0.2, -0.15) is 0 Å². The number of aliphatic hydroxyl groups is 1. The Labute approximate surface area is 221 Å². The van der Waals surface area contributed by atoms with Crippen molar-refractivity contribution in [3.63, 3.8) is 0 Å². The van der Waals surface area contributed by atoms with E-state index in [0.717, 1.165) is 25.7 Å². The summed E-state index contributed by atoms with van der Waals surface area (Å²) in [5.41, 5.74) is 0. The molecule has 0 heterocycles. The van der Waals surface area contributed by atoms with Gasteiger partial charge >= 0.3 is 133 Å². The van der Waals surface area contributed by atoms with Crippen LogP contribution in [0.15, 0.2) is 0 Å². The standard InChI is InChI=1S/C12H22O5.2C8H17.Sn/c1-3-5-7-16-11(14)9-10(13)12(15)17-8-6-4-2;2*1-3-5-7-8-6-4-2;/h10,13H,3-9H2,1-2H3;2*1,3-8H2,2H3;. The second-order valence-corrected chi connectivity index (χ2v) is 13.4. The molecule has 0 aromatic carbocycles. The van der Waals surface area contributed by atoms with Crippen LogP contribution >= 0.6 is 0 Å². The third-order valence-corrected chi connectivity index (χ3v) is 9.59. The molecule has 0 saturated heterocycles. The minimum Gasteiger partial charge on any atom is -0.466 e. The number of unbranched alkanes of at least 4 members (excludes halogenated alkanes) is 12. The molecular formula is C28H56O5Sn. The molecule has 0 aromatic rings. The van der Waals surface area contributed by atoms with E-state index in [1.807, 2.05) is 13.8 Å². The summed E-state index contributed by atoms with van der Waals surface area (Å²) in [6, 6.07) is 0. The minimum absolute atomic E-state index is 0.0736. The quantitative estimate of drug-likeness (QED) is 0.0750. The molecule has 1 atom stereocenters. The van der Waals surface area contributed by atoms with Crippen molar-refractivity contribution in [3.8, 4) is 0 Å². The first-order valence-corrected chi connectivity index (χ1v) is 18.3. The van der Waals surface area contributed by atoms with Crippen LogP contribution < -0.4 is 0 Å². The molecule has 0 aromatic heterocycles. The first-order chi connectivity index (χ1) is 16.5. The smallest absolute Gasteiger partial charge is 0.335 e. The number of ether oxygens (including phenoxy) is 2. The Morgan fingerprint density at radius 2 is 1.03 bits per heavy atom. The molecule has 1 unspecified atom stereocenters. The van der Waals surface area contributed by atoms with Crippen LogP contribution in [0, 0.1) is 0 Å². The molecule has 34 heavy (non-hydrogen) atoms. The van der Waals surface area contributed by atoms with E-state index in [9.17, 15) is 14.7 Å². The Kier molecular flexibility index (Phi) is 32.4. The molecule has 0 aliphatic rings. The number of carbonyl (C=O) groups is 2. The number of hydrogen-bond acceptors (Lipinski definition) is 5. The number of carbonyl (C=O) groups excluding carboxylic acids is 2. The monoisotopic (exact) mass is 592 g/mol. The van der Waals surface area contributed by atoms with Crippen LogP contribution in [0.3, 0.4) is 0 Å². The van der Waals surface area contributed by atoms with Crippen LogP contribution in [-0.2, 0) is 19.1 Å². The summed E-state index contributed by atoms with van der Waals surface area (Å²) in [4.78, 5) is 22.4. The molecule has 0 spiro atoms. The summed E-state index contributed by atoms with van der Waals surface area (Å²) in [5.74, 6) is -1.33. The van der Waals surface area contributed by atoms with Crippen LogP contribution in [0.1, 0.15) is 137 Å². The molecule has 0 bridgehead atoms. The Morgan fingerprint density at radius 1 is 0.618 bits per heavy atom. The maximum Gasteiger partial charge on any atom is 0.335 e. The van der Waals surface area contributed by atoms with Crippen LogP contribution in [0.4, 0.5) is 0 Å². The topological polar surface area (TPSA) is 72.8 Å². The second kappa shape index (κ2) is 30.7.